The highest BCUT2D eigenvalue weighted by molar-refractivity contribution is 7.18. The summed E-state index contributed by atoms with van der Waals surface area (Å²) < 4.78 is 3.49. The maximum atomic E-state index is 10.2. The Labute approximate surface area is 139 Å². The molecular formula is C17H23N4OS+. The Kier molecular flexibility index (Phi) is 3.83. The van der Waals surface area contributed by atoms with Gasteiger partial charge in [-0.15, -0.1) is 11.3 Å². The quantitative estimate of drug-likeness (QED) is 0.774. The molecule has 0 saturated heterocycles. The summed E-state index contributed by atoms with van der Waals surface area (Å²) in [6.07, 6.45) is 5.98. The first-order valence-corrected chi connectivity index (χ1v) is 9.28. The summed E-state index contributed by atoms with van der Waals surface area (Å²) in [7, 11) is 0. The Hall–Kier alpha value is -1.50. The molecule has 0 aromatic carbocycles. The molecule has 1 aliphatic rings. The number of aliphatic hydroxyl groups excluding tert-OH is 1. The SMILES string of the molecule is CC(O)c1nc2cnc3ccsc3c2n1C1CCC(C[NH3+])CC1. The van der Waals surface area contributed by atoms with Crippen LogP contribution in [-0.4, -0.2) is 26.2 Å². The van der Waals surface area contributed by atoms with Crippen molar-refractivity contribution in [3.05, 3.63) is 23.5 Å². The van der Waals surface area contributed by atoms with E-state index in [0.29, 0.717) is 6.04 Å². The topological polar surface area (TPSA) is 78.6 Å². The molecule has 122 valence electrons. The summed E-state index contributed by atoms with van der Waals surface area (Å²) in [5.74, 6) is 1.53. The van der Waals surface area contributed by atoms with E-state index in [1.165, 1.54) is 17.5 Å². The lowest BCUT2D eigenvalue weighted by molar-refractivity contribution is -0.380. The molecule has 4 N–H and O–H groups in total. The van der Waals surface area contributed by atoms with Gasteiger partial charge in [0.2, 0.25) is 0 Å². The normalized spacial score (nSPS) is 23.6. The van der Waals surface area contributed by atoms with E-state index >= 15 is 0 Å². The van der Waals surface area contributed by atoms with Gasteiger partial charge >= 0.3 is 0 Å². The van der Waals surface area contributed by atoms with E-state index in [2.05, 4.69) is 26.7 Å². The number of nitrogens with zero attached hydrogens (tertiary/aromatic N) is 3. The predicted molar refractivity (Wildman–Crippen MR) is 92.3 cm³/mol. The fourth-order valence-electron chi connectivity index (χ4n) is 3.85. The van der Waals surface area contributed by atoms with Crippen LogP contribution in [0.2, 0.25) is 0 Å². The van der Waals surface area contributed by atoms with Gasteiger partial charge in [-0.05, 0) is 44.1 Å². The summed E-state index contributed by atoms with van der Waals surface area (Å²) >= 11 is 1.71. The number of hydrogen-bond acceptors (Lipinski definition) is 4. The van der Waals surface area contributed by atoms with Gasteiger partial charge in [-0.3, -0.25) is 4.98 Å². The van der Waals surface area contributed by atoms with E-state index in [9.17, 15) is 5.11 Å². The van der Waals surface area contributed by atoms with Crippen LogP contribution in [0.25, 0.3) is 21.3 Å². The molecule has 1 saturated carbocycles. The number of fused-ring (bicyclic) bond motifs is 3. The molecule has 1 fully saturated rings. The summed E-state index contributed by atoms with van der Waals surface area (Å²) in [6.45, 7) is 2.83. The molecule has 5 nitrogen and oxygen atoms in total. The number of hydrogen-bond donors (Lipinski definition) is 2. The minimum atomic E-state index is -0.567. The number of thiophene rings is 1. The van der Waals surface area contributed by atoms with Crippen molar-refractivity contribution < 1.29 is 10.8 Å². The molecular weight excluding hydrogens is 308 g/mol. The maximum absolute atomic E-state index is 10.2. The molecule has 3 heterocycles. The smallest absolute Gasteiger partial charge is 0.138 e. The Morgan fingerprint density at radius 1 is 1.35 bits per heavy atom. The minimum absolute atomic E-state index is 0.417. The monoisotopic (exact) mass is 331 g/mol. The number of quaternary nitrogens is 1. The molecule has 1 aliphatic carbocycles. The number of pyridine rings is 1. The zero-order valence-corrected chi connectivity index (χ0v) is 14.2. The number of imidazole rings is 1. The van der Waals surface area contributed by atoms with Crippen molar-refractivity contribution in [3.8, 4) is 0 Å². The van der Waals surface area contributed by atoms with Crippen molar-refractivity contribution in [2.24, 2.45) is 5.92 Å². The van der Waals surface area contributed by atoms with Crippen molar-refractivity contribution in [3.63, 3.8) is 0 Å². The van der Waals surface area contributed by atoms with Crippen LogP contribution < -0.4 is 5.73 Å². The van der Waals surface area contributed by atoms with Gasteiger partial charge in [-0.2, -0.15) is 0 Å². The lowest BCUT2D eigenvalue weighted by Gasteiger charge is -2.29. The first-order valence-electron chi connectivity index (χ1n) is 8.40. The third kappa shape index (κ3) is 2.45. The standard InChI is InChI=1S/C17H22N4OS/c1-10(22)17-20-14-9-19-13-6-7-23-16(13)15(14)21(17)12-4-2-11(8-18)3-5-12/h6-7,9-12,22H,2-5,8,18H2,1H3/p+1. The van der Waals surface area contributed by atoms with Crippen LogP contribution in [-0.2, 0) is 0 Å². The van der Waals surface area contributed by atoms with Crippen LogP contribution in [0, 0.1) is 5.92 Å². The molecule has 0 bridgehead atoms. The van der Waals surface area contributed by atoms with Gasteiger partial charge in [-0.25, -0.2) is 4.98 Å². The van der Waals surface area contributed by atoms with Gasteiger partial charge in [0, 0.05) is 12.0 Å². The second-order valence-corrected chi connectivity index (χ2v) is 7.52. The molecule has 3 aromatic rings. The Morgan fingerprint density at radius 2 is 2.13 bits per heavy atom. The number of aliphatic hydroxyl groups is 1. The highest BCUT2D eigenvalue weighted by atomic mass is 32.1. The van der Waals surface area contributed by atoms with Gasteiger partial charge in [0.25, 0.3) is 0 Å². The van der Waals surface area contributed by atoms with Gasteiger partial charge in [0.1, 0.15) is 17.4 Å². The molecule has 1 unspecified atom stereocenters. The summed E-state index contributed by atoms with van der Waals surface area (Å²) in [5, 5.41) is 12.3. The van der Waals surface area contributed by atoms with Crippen molar-refractivity contribution in [1.82, 2.24) is 14.5 Å². The largest absolute Gasteiger partial charge is 0.385 e. The molecule has 1 atom stereocenters. The zero-order chi connectivity index (χ0) is 16.0. The van der Waals surface area contributed by atoms with Crippen LogP contribution in [0.15, 0.2) is 17.6 Å². The van der Waals surface area contributed by atoms with Crippen LogP contribution in [0.5, 0.6) is 0 Å². The predicted octanol–water partition coefficient (Wildman–Crippen LogP) is 2.67. The average Bonchev–Trinajstić information content (AvgIpc) is 3.18. The van der Waals surface area contributed by atoms with Gasteiger partial charge in [-0.1, -0.05) is 0 Å². The molecule has 3 aromatic heterocycles. The highest BCUT2D eigenvalue weighted by Crippen LogP contribution is 2.38. The van der Waals surface area contributed by atoms with E-state index in [1.807, 2.05) is 6.20 Å². The third-order valence-corrected chi connectivity index (χ3v) is 6.02. The fraction of sp³-hybridized carbons (Fsp3) is 0.529. The van der Waals surface area contributed by atoms with Gasteiger partial charge in [0.15, 0.2) is 0 Å². The lowest BCUT2D eigenvalue weighted by atomic mass is 9.86. The number of rotatable bonds is 3. The molecule has 23 heavy (non-hydrogen) atoms. The van der Waals surface area contributed by atoms with Crippen molar-refractivity contribution >= 4 is 32.6 Å². The van der Waals surface area contributed by atoms with Crippen LogP contribution in [0.3, 0.4) is 0 Å². The third-order valence-electron chi connectivity index (χ3n) is 5.11. The van der Waals surface area contributed by atoms with E-state index in [0.717, 1.165) is 47.7 Å². The van der Waals surface area contributed by atoms with Gasteiger partial charge < -0.3 is 15.4 Å². The van der Waals surface area contributed by atoms with E-state index in [4.69, 9.17) is 4.98 Å². The number of aromatic nitrogens is 3. The molecule has 0 radical (unpaired) electrons. The zero-order valence-electron chi connectivity index (χ0n) is 13.4. The van der Waals surface area contributed by atoms with Crippen molar-refractivity contribution in [1.29, 1.82) is 0 Å². The average molecular weight is 331 g/mol. The van der Waals surface area contributed by atoms with Gasteiger partial charge in [0.05, 0.1) is 28.5 Å². The van der Waals surface area contributed by atoms with E-state index < -0.39 is 6.10 Å². The van der Waals surface area contributed by atoms with Crippen LogP contribution in [0.1, 0.15) is 50.6 Å². The second kappa shape index (κ2) is 5.85. The second-order valence-electron chi connectivity index (χ2n) is 6.61. The molecule has 6 heteroatoms. The Balaban J connectivity index is 1.88. The highest BCUT2D eigenvalue weighted by Gasteiger charge is 2.28. The Morgan fingerprint density at radius 3 is 2.83 bits per heavy atom. The van der Waals surface area contributed by atoms with Crippen LogP contribution in [0.4, 0.5) is 0 Å². The molecule has 4 rings (SSSR count). The first-order chi connectivity index (χ1) is 11.2. The van der Waals surface area contributed by atoms with Crippen molar-refractivity contribution in [2.75, 3.05) is 6.54 Å². The Bertz CT molecular complexity index is 830. The summed E-state index contributed by atoms with van der Waals surface area (Å²) in [4.78, 5) is 9.20. The van der Waals surface area contributed by atoms with Crippen molar-refractivity contribution in [2.45, 2.75) is 44.8 Å². The lowest BCUT2D eigenvalue weighted by Crippen LogP contribution is -2.54. The molecule has 0 spiro atoms. The van der Waals surface area contributed by atoms with Crippen LogP contribution >= 0.6 is 11.3 Å². The summed E-state index contributed by atoms with van der Waals surface area (Å²) in [6, 6.07) is 2.47. The maximum Gasteiger partial charge on any atom is 0.138 e. The molecule has 0 amide bonds. The van der Waals surface area contributed by atoms with E-state index in [-0.39, 0.29) is 0 Å². The summed E-state index contributed by atoms with van der Waals surface area (Å²) in [5.41, 5.74) is 7.13. The minimum Gasteiger partial charge on any atom is -0.385 e. The fourth-order valence-corrected chi connectivity index (χ4v) is 4.74. The first kappa shape index (κ1) is 15.1. The molecule has 0 aliphatic heterocycles. The van der Waals surface area contributed by atoms with E-state index in [1.54, 1.807) is 18.3 Å².